The van der Waals surface area contributed by atoms with E-state index in [1.807, 2.05) is 30.0 Å². The molecule has 37 heavy (non-hydrogen) atoms. The summed E-state index contributed by atoms with van der Waals surface area (Å²) in [6.45, 7) is 6.33. The maximum absolute atomic E-state index is 12.6. The number of carbonyl (C=O) groups is 1. The second-order valence-corrected chi connectivity index (χ2v) is 10.6. The minimum Gasteiger partial charge on any atom is -0.471 e. The first-order valence-electron chi connectivity index (χ1n) is 12.5. The number of nitrogens with zero attached hydrogens (tertiary/aromatic N) is 6. The van der Waals surface area contributed by atoms with Crippen molar-refractivity contribution >= 4 is 44.2 Å². The van der Waals surface area contributed by atoms with E-state index in [1.165, 1.54) is 6.26 Å². The minimum atomic E-state index is -0.590. The van der Waals surface area contributed by atoms with Gasteiger partial charge in [0.2, 0.25) is 6.23 Å². The van der Waals surface area contributed by atoms with Gasteiger partial charge in [-0.25, -0.2) is 4.98 Å². The molecule has 3 aromatic rings. The number of amides is 1. The predicted molar refractivity (Wildman–Crippen MR) is 142 cm³/mol. The number of morpholine rings is 1. The first-order chi connectivity index (χ1) is 18.0. The van der Waals surface area contributed by atoms with Gasteiger partial charge in [0.1, 0.15) is 12.0 Å². The summed E-state index contributed by atoms with van der Waals surface area (Å²) in [5.41, 5.74) is 15.6. The van der Waals surface area contributed by atoms with Gasteiger partial charge < -0.3 is 30.7 Å². The van der Waals surface area contributed by atoms with E-state index in [0.29, 0.717) is 25.4 Å². The lowest BCUT2D eigenvalue weighted by Crippen LogP contribution is -2.44. The summed E-state index contributed by atoms with van der Waals surface area (Å²) < 4.78 is 12.5. The van der Waals surface area contributed by atoms with Gasteiger partial charge in [0.25, 0.3) is 5.91 Å². The van der Waals surface area contributed by atoms with Crippen molar-refractivity contribution < 1.29 is 14.3 Å². The largest absolute Gasteiger partial charge is 0.471 e. The molecular weight excluding hydrogens is 492 g/mol. The topological polar surface area (TPSA) is 136 Å². The summed E-state index contributed by atoms with van der Waals surface area (Å²) in [6.07, 6.45) is 4.50. The standard InChI is InChI=1S/C25H30N8O3S/c1-15-11-16(4-5-28-15)24-33(19(14-36-24)21(27)34)18-12-20-22(29-23(18)32-6-2-3-17(26)13-32)30-25(37-20)31-7-9-35-10-8-31/h4-5,11-12,14,17,24H,2-3,6-10,13,26H2,1H3,(H2,27,34)/t17?,24-/m0/s1. The minimum absolute atomic E-state index is 0.0399. The third-order valence-electron chi connectivity index (χ3n) is 6.89. The third kappa shape index (κ3) is 4.56. The molecule has 3 aliphatic heterocycles. The van der Waals surface area contributed by atoms with E-state index in [1.54, 1.807) is 17.5 Å². The number of piperidine rings is 1. The molecule has 11 nitrogen and oxygen atoms in total. The van der Waals surface area contributed by atoms with Crippen molar-refractivity contribution in [3.8, 4) is 0 Å². The summed E-state index contributed by atoms with van der Waals surface area (Å²) in [6, 6.07) is 5.92. The highest BCUT2D eigenvalue weighted by atomic mass is 32.1. The maximum atomic E-state index is 12.6. The Kier molecular flexibility index (Phi) is 6.31. The molecule has 2 fully saturated rings. The van der Waals surface area contributed by atoms with E-state index in [-0.39, 0.29) is 11.7 Å². The molecule has 1 unspecified atom stereocenters. The zero-order chi connectivity index (χ0) is 25.5. The van der Waals surface area contributed by atoms with E-state index in [0.717, 1.165) is 65.1 Å². The lowest BCUT2D eigenvalue weighted by molar-refractivity contribution is -0.114. The van der Waals surface area contributed by atoms with Crippen LogP contribution in [0.1, 0.15) is 30.3 Å². The number of fused-ring (bicyclic) bond motifs is 1. The smallest absolute Gasteiger partial charge is 0.268 e. The molecule has 6 rings (SSSR count). The fraction of sp³-hybridized carbons (Fsp3) is 0.440. The van der Waals surface area contributed by atoms with Gasteiger partial charge in [-0.15, -0.1) is 0 Å². The lowest BCUT2D eigenvalue weighted by atomic mass is 10.1. The van der Waals surface area contributed by atoms with E-state index in [9.17, 15) is 4.79 Å². The highest BCUT2D eigenvalue weighted by Crippen LogP contribution is 2.44. The third-order valence-corrected chi connectivity index (χ3v) is 7.94. The van der Waals surface area contributed by atoms with Gasteiger partial charge in [-0.1, -0.05) is 11.3 Å². The Morgan fingerprint density at radius 2 is 2.00 bits per heavy atom. The van der Waals surface area contributed by atoms with Crippen LogP contribution in [-0.2, 0) is 14.3 Å². The number of primary amides is 1. The van der Waals surface area contributed by atoms with Crippen molar-refractivity contribution in [2.75, 3.05) is 54.1 Å². The molecule has 0 bridgehead atoms. The van der Waals surface area contributed by atoms with Crippen molar-refractivity contribution in [2.45, 2.75) is 32.0 Å². The van der Waals surface area contributed by atoms with E-state index in [4.69, 9.17) is 30.9 Å². The molecule has 0 saturated carbocycles. The molecule has 3 aromatic heterocycles. The highest BCUT2D eigenvalue weighted by molar-refractivity contribution is 7.22. The number of pyridine rings is 2. The van der Waals surface area contributed by atoms with E-state index >= 15 is 0 Å². The summed E-state index contributed by atoms with van der Waals surface area (Å²) in [7, 11) is 0. The number of nitrogens with two attached hydrogens (primary N) is 2. The second kappa shape index (κ2) is 9.77. The molecule has 4 N–H and O–H groups in total. The van der Waals surface area contributed by atoms with Crippen molar-refractivity contribution in [2.24, 2.45) is 11.5 Å². The molecule has 2 saturated heterocycles. The van der Waals surface area contributed by atoms with Gasteiger partial charge in [0, 0.05) is 49.7 Å². The Hall–Kier alpha value is -3.48. The molecule has 0 aliphatic carbocycles. The predicted octanol–water partition coefficient (Wildman–Crippen LogP) is 2.02. The zero-order valence-corrected chi connectivity index (χ0v) is 21.5. The molecule has 194 valence electrons. The first-order valence-corrected chi connectivity index (χ1v) is 13.3. The molecule has 0 aromatic carbocycles. The number of aryl methyl sites for hydroxylation is 1. The van der Waals surface area contributed by atoms with Gasteiger partial charge in [0.15, 0.2) is 16.6 Å². The van der Waals surface area contributed by atoms with Crippen LogP contribution in [0.4, 0.5) is 16.6 Å². The van der Waals surface area contributed by atoms with Crippen molar-refractivity contribution in [3.05, 3.63) is 47.6 Å². The fourth-order valence-electron chi connectivity index (χ4n) is 5.09. The van der Waals surface area contributed by atoms with Crippen LogP contribution < -0.4 is 26.2 Å². The number of aromatic nitrogens is 3. The average Bonchev–Trinajstić information content (AvgIpc) is 3.53. The average molecular weight is 523 g/mol. The van der Waals surface area contributed by atoms with Crippen molar-refractivity contribution in [3.63, 3.8) is 0 Å². The highest BCUT2D eigenvalue weighted by Gasteiger charge is 2.37. The SMILES string of the molecule is Cc1cc([C@@H]2OC=C(C(N)=O)N2c2cc3sc(N4CCOCC4)nc3nc2N2CCCC(N)C2)ccn1. The van der Waals surface area contributed by atoms with Crippen LogP contribution in [0.25, 0.3) is 10.3 Å². The van der Waals surface area contributed by atoms with Crippen molar-refractivity contribution in [1.29, 1.82) is 0 Å². The zero-order valence-electron chi connectivity index (χ0n) is 20.7. The molecule has 1 amide bonds. The van der Waals surface area contributed by atoms with Crippen LogP contribution in [0.3, 0.4) is 0 Å². The van der Waals surface area contributed by atoms with Gasteiger partial charge in [-0.2, -0.15) is 4.98 Å². The summed E-state index contributed by atoms with van der Waals surface area (Å²) in [4.78, 5) is 33.1. The summed E-state index contributed by atoms with van der Waals surface area (Å²) >= 11 is 1.58. The van der Waals surface area contributed by atoms with Crippen LogP contribution in [0, 0.1) is 6.92 Å². The first kappa shape index (κ1) is 23.9. The molecule has 6 heterocycles. The Bertz CT molecular complexity index is 1350. The van der Waals surface area contributed by atoms with E-state index in [2.05, 4.69) is 14.8 Å². The molecular formula is C25H30N8O3S. The number of hydrogen-bond donors (Lipinski definition) is 2. The molecule has 0 spiro atoms. The Balaban J connectivity index is 1.50. The van der Waals surface area contributed by atoms with Crippen LogP contribution in [0.5, 0.6) is 0 Å². The molecule has 2 atom stereocenters. The van der Waals surface area contributed by atoms with Crippen LogP contribution in [0.2, 0.25) is 0 Å². The Labute approximate surface area is 218 Å². The van der Waals surface area contributed by atoms with Gasteiger partial charge in [-0.3, -0.25) is 14.7 Å². The Morgan fingerprint density at radius 3 is 2.76 bits per heavy atom. The quantitative estimate of drug-likeness (QED) is 0.512. The number of rotatable bonds is 5. The number of anilines is 3. The van der Waals surface area contributed by atoms with Crippen LogP contribution in [0.15, 0.2) is 36.4 Å². The van der Waals surface area contributed by atoms with Crippen LogP contribution in [-0.4, -0.2) is 66.3 Å². The lowest BCUT2D eigenvalue weighted by Gasteiger charge is -2.35. The van der Waals surface area contributed by atoms with Gasteiger partial charge in [-0.05, 0) is 38.0 Å². The number of carbonyl (C=O) groups excluding carboxylic acids is 1. The van der Waals surface area contributed by atoms with Gasteiger partial charge >= 0.3 is 0 Å². The summed E-state index contributed by atoms with van der Waals surface area (Å²) in [5.74, 6) is 0.142. The number of ether oxygens (including phenoxy) is 2. The monoisotopic (exact) mass is 522 g/mol. The Morgan fingerprint density at radius 1 is 1.16 bits per heavy atom. The van der Waals surface area contributed by atoms with Gasteiger partial charge in [0.05, 0.1) is 23.6 Å². The van der Waals surface area contributed by atoms with Crippen molar-refractivity contribution in [1.82, 2.24) is 15.0 Å². The fourth-order valence-corrected chi connectivity index (χ4v) is 6.08. The second-order valence-electron chi connectivity index (χ2n) is 9.55. The maximum Gasteiger partial charge on any atom is 0.268 e. The van der Waals surface area contributed by atoms with Crippen LogP contribution >= 0.6 is 11.3 Å². The molecule has 3 aliphatic rings. The number of thiazole rings is 1. The normalized spacial score (nSPS) is 22.3. The number of hydrogen-bond acceptors (Lipinski definition) is 11. The molecule has 0 radical (unpaired) electrons. The summed E-state index contributed by atoms with van der Waals surface area (Å²) in [5, 5.41) is 0.911. The van der Waals surface area contributed by atoms with E-state index < -0.39 is 12.1 Å². The molecule has 12 heteroatoms.